The number of nitrogens with zero attached hydrogens (tertiary/aromatic N) is 8. The van der Waals surface area contributed by atoms with Crippen LogP contribution in [0.4, 0.5) is 0 Å². The normalized spacial score (nSPS) is 15.8. The highest BCUT2D eigenvalue weighted by molar-refractivity contribution is 5.90. The maximum absolute atomic E-state index is 13.6. The number of pyridine rings is 1. The molecule has 0 bridgehead atoms. The second kappa shape index (κ2) is 7.12. The molecule has 0 fully saturated rings. The summed E-state index contributed by atoms with van der Waals surface area (Å²) in [5.41, 5.74) is 6.15. The number of aromatic nitrogens is 8. The van der Waals surface area contributed by atoms with Crippen LogP contribution in [-0.4, -0.2) is 56.9 Å². The van der Waals surface area contributed by atoms with Crippen molar-refractivity contribution in [2.75, 3.05) is 6.54 Å². The highest BCUT2D eigenvalue weighted by Gasteiger charge is 2.38. The molecular formula is C22H21N9O2. The number of carbonyl (C=O) groups excluding carboxylic acids is 1. The van der Waals surface area contributed by atoms with E-state index in [0.29, 0.717) is 18.5 Å². The molecule has 33 heavy (non-hydrogen) atoms. The van der Waals surface area contributed by atoms with E-state index in [9.17, 15) is 4.79 Å². The van der Waals surface area contributed by atoms with Gasteiger partial charge in [0, 0.05) is 37.6 Å². The fourth-order valence-electron chi connectivity index (χ4n) is 4.35. The van der Waals surface area contributed by atoms with E-state index in [0.717, 1.165) is 33.9 Å². The molecule has 5 aromatic heterocycles. The summed E-state index contributed by atoms with van der Waals surface area (Å²) in [5.74, 6) is -0.166. The number of hydrogen-bond acceptors (Lipinski definition) is 7. The minimum absolute atomic E-state index is 0.0721. The van der Waals surface area contributed by atoms with Crippen LogP contribution in [-0.2, 0) is 13.5 Å². The molecule has 0 aliphatic carbocycles. The number of rotatable bonds is 3. The maximum Gasteiger partial charge on any atom is 0.312 e. The number of H-pyrrole nitrogens is 1. The van der Waals surface area contributed by atoms with Gasteiger partial charge in [0.05, 0.1) is 35.0 Å². The van der Waals surface area contributed by atoms with Crippen LogP contribution in [0.3, 0.4) is 0 Å². The number of nitrogens with one attached hydrogen (secondary N) is 1. The van der Waals surface area contributed by atoms with Crippen molar-refractivity contribution in [2.45, 2.75) is 26.3 Å². The maximum atomic E-state index is 13.6. The quantitative estimate of drug-likeness (QED) is 0.454. The molecule has 11 heteroatoms. The van der Waals surface area contributed by atoms with Gasteiger partial charge >= 0.3 is 11.8 Å². The smallest absolute Gasteiger partial charge is 0.312 e. The molecule has 0 radical (unpaired) electrons. The average Bonchev–Trinajstić information content (AvgIpc) is 3.60. The first-order chi connectivity index (χ1) is 16.0. The number of carbonyl (C=O) groups is 1. The van der Waals surface area contributed by atoms with Crippen molar-refractivity contribution < 1.29 is 9.21 Å². The zero-order chi connectivity index (χ0) is 22.7. The predicted octanol–water partition coefficient (Wildman–Crippen LogP) is 2.25. The summed E-state index contributed by atoms with van der Waals surface area (Å²) in [4.78, 5) is 23.0. The highest BCUT2D eigenvalue weighted by atomic mass is 16.4. The molecule has 1 aliphatic rings. The molecule has 0 saturated heterocycles. The van der Waals surface area contributed by atoms with Crippen molar-refractivity contribution in [3.05, 3.63) is 71.1 Å². The van der Waals surface area contributed by atoms with Crippen molar-refractivity contribution in [3.8, 4) is 11.5 Å². The zero-order valence-corrected chi connectivity index (χ0v) is 18.3. The largest absolute Gasteiger partial charge is 0.412 e. The van der Waals surface area contributed by atoms with Crippen molar-refractivity contribution in [2.24, 2.45) is 7.05 Å². The SMILES string of the molecule is Cc1cccn2nc([C@@H]3c4nc[nH]c4CCN3C(=O)c3nnc(-c4cnn(C)c4C)o3)cc12. The lowest BCUT2D eigenvalue weighted by atomic mass is 9.99. The second-order valence-corrected chi connectivity index (χ2v) is 8.19. The minimum Gasteiger partial charge on any atom is -0.412 e. The first kappa shape index (κ1) is 19.4. The van der Waals surface area contributed by atoms with Gasteiger partial charge in [-0.15, -0.1) is 10.2 Å². The Morgan fingerprint density at radius 2 is 2.15 bits per heavy atom. The number of imidazole rings is 1. The lowest BCUT2D eigenvalue weighted by Crippen LogP contribution is -2.41. The van der Waals surface area contributed by atoms with Gasteiger partial charge in [0.15, 0.2) is 0 Å². The van der Waals surface area contributed by atoms with Crippen LogP contribution in [0.1, 0.15) is 45.1 Å². The summed E-state index contributed by atoms with van der Waals surface area (Å²) >= 11 is 0. The van der Waals surface area contributed by atoms with Gasteiger partial charge < -0.3 is 14.3 Å². The third-order valence-corrected chi connectivity index (χ3v) is 6.27. The van der Waals surface area contributed by atoms with E-state index in [1.807, 2.05) is 49.8 Å². The summed E-state index contributed by atoms with van der Waals surface area (Å²) in [6, 6.07) is 5.51. The molecule has 0 saturated carbocycles. The monoisotopic (exact) mass is 443 g/mol. The van der Waals surface area contributed by atoms with Gasteiger partial charge in [0.25, 0.3) is 5.89 Å². The third-order valence-electron chi connectivity index (χ3n) is 6.27. The Morgan fingerprint density at radius 3 is 2.94 bits per heavy atom. The molecule has 0 aromatic carbocycles. The van der Waals surface area contributed by atoms with E-state index in [1.54, 1.807) is 22.1 Å². The van der Waals surface area contributed by atoms with E-state index in [2.05, 4.69) is 25.3 Å². The lowest BCUT2D eigenvalue weighted by molar-refractivity contribution is 0.0646. The molecule has 6 rings (SSSR count). The van der Waals surface area contributed by atoms with Gasteiger partial charge in [-0.1, -0.05) is 6.07 Å². The molecule has 6 heterocycles. The number of aromatic amines is 1. The van der Waals surface area contributed by atoms with E-state index >= 15 is 0 Å². The van der Waals surface area contributed by atoms with Crippen LogP contribution in [0.15, 0.2) is 41.3 Å². The van der Waals surface area contributed by atoms with Crippen LogP contribution in [0.25, 0.3) is 17.0 Å². The van der Waals surface area contributed by atoms with Gasteiger partial charge in [0.2, 0.25) is 0 Å². The Kier molecular flexibility index (Phi) is 4.19. The summed E-state index contributed by atoms with van der Waals surface area (Å²) in [6.07, 6.45) is 5.85. The number of amides is 1. The number of hydrogen-bond donors (Lipinski definition) is 1. The fourth-order valence-corrected chi connectivity index (χ4v) is 4.35. The van der Waals surface area contributed by atoms with Crippen molar-refractivity contribution >= 4 is 11.4 Å². The molecule has 0 unspecified atom stereocenters. The molecule has 1 atom stereocenters. The standard InChI is InChI=1S/C22H21N9O2/c1-12-5-4-7-31-17(12)9-16(28-31)19-18-15(23-11-24-18)6-8-30(19)22(32)21-27-26-20(33-21)14-10-25-29(3)13(14)2/h4-5,7,9-11,19H,6,8H2,1-3H3,(H,23,24)/t19-/m1/s1. The number of aryl methyl sites for hydroxylation is 2. The van der Waals surface area contributed by atoms with E-state index < -0.39 is 6.04 Å². The molecule has 1 amide bonds. The van der Waals surface area contributed by atoms with E-state index in [4.69, 9.17) is 9.52 Å². The molecule has 0 spiro atoms. The van der Waals surface area contributed by atoms with Crippen LogP contribution < -0.4 is 0 Å². The molecule has 5 aromatic rings. The summed E-state index contributed by atoms with van der Waals surface area (Å²) < 4.78 is 9.33. The lowest BCUT2D eigenvalue weighted by Gasteiger charge is -2.32. The Labute approximate surface area is 188 Å². The van der Waals surface area contributed by atoms with E-state index in [-0.39, 0.29) is 17.7 Å². The summed E-state index contributed by atoms with van der Waals surface area (Å²) in [7, 11) is 1.83. The molecule has 11 nitrogen and oxygen atoms in total. The average molecular weight is 443 g/mol. The summed E-state index contributed by atoms with van der Waals surface area (Å²) in [6.45, 7) is 4.40. The highest BCUT2D eigenvalue weighted by Crippen LogP contribution is 2.34. The Hall–Kier alpha value is -4.28. The third kappa shape index (κ3) is 2.96. The molecule has 1 N–H and O–H groups in total. The van der Waals surface area contributed by atoms with Gasteiger partial charge in [-0.25, -0.2) is 9.50 Å². The second-order valence-electron chi connectivity index (χ2n) is 8.19. The van der Waals surface area contributed by atoms with Gasteiger partial charge in [-0.2, -0.15) is 10.2 Å². The Bertz CT molecular complexity index is 1510. The van der Waals surface area contributed by atoms with Gasteiger partial charge in [-0.05, 0) is 31.5 Å². The predicted molar refractivity (Wildman–Crippen MR) is 116 cm³/mol. The summed E-state index contributed by atoms with van der Waals surface area (Å²) in [5, 5.41) is 17.1. The van der Waals surface area contributed by atoms with Crippen LogP contribution in [0, 0.1) is 13.8 Å². The minimum atomic E-state index is -0.470. The first-order valence-corrected chi connectivity index (χ1v) is 10.6. The Balaban J connectivity index is 1.41. The fraction of sp³-hybridized carbons (Fsp3) is 0.273. The first-order valence-electron chi connectivity index (χ1n) is 10.6. The molecular weight excluding hydrogens is 422 g/mol. The van der Waals surface area contributed by atoms with E-state index in [1.165, 1.54) is 0 Å². The Morgan fingerprint density at radius 1 is 1.27 bits per heavy atom. The van der Waals surface area contributed by atoms with Crippen LogP contribution in [0.5, 0.6) is 0 Å². The number of fused-ring (bicyclic) bond motifs is 2. The van der Waals surface area contributed by atoms with Gasteiger partial charge in [-0.3, -0.25) is 9.48 Å². The zero-order valence-electron chi connectivity index (χ0n) is 18.3. The molecule has 166 valence electrons. The molecule has 1 aliphatic heterocycles. The topological polar surface area (TPSA) is 123 Å². The van der Waals surface area contributed by atoms with Crippen LogP contribution in [0.2, 0.25) is 0 Å². The van der Waals surface area contributed by atoms with Crippen molar-refractivity contribution in [1.29, 1.82) is 0 Å². The van der Waals surface area contributed by atoms with Crippen molar-refractivity contribution in [3.63, 3.8) is 0 Å². The van der Waals surface area contributed by atoms with Crippen LogP contribution >= 0.6 is 0 Å². The van der Waals surface area contributed by atoms with Gasteiger partial charge in [0.1, 0.15) is 6.04 Å². The van der Waals surface area contributed by atoms with Crippen molar-refractivity contribution in [1.82, 2.24) is 44.5 Å².